The minimum absolute atomic E-state index is 0.0504. The molecule has 1 aromatic rings. The van der Waals surface area contributed by atoms with Gasteiger partial charge in [0.25, 0.3) is 0 Å². The van der Waals surface area contributed by atoms with Gasteiger partial charge in [-0.1, -0.05) is 20.8 Å². The van der Waals surface area contributed by atoms with E-state index < -0.39 is 9.84 Å². The van der Waals surface area contributed by atoms with Gasteiger partial charge in [-0.3, -0.25) is 4.79 Å². The smallest absolute Gasteiger partial charge is 0.230 e. The van der Waals surface area contributed by atoms with Gasteiger partial charge in [-0.25, -0.2) is 13.4 Å². The van der Waals surface area contributed by atoms with E-state index in [1.807, 2.05) is 46.7 Å². The first-order valence-corrected chi connectivity index (χ1v) is 10.8. The zero-order valence-electron chi connectivity index (χ0n) is 16.7. The molecule has 0 bridgehead atoms. The number of oxazole rings is 1. The summed E-state index contributed by atoms with van der Waals surface area (Å²) in [5.41, 5.74) is 0.491. The third kappa shape index (κ3) is 5.30. The molecule has 2 rings (SSSR count). The molecule has 8 heteroatoms. The van der Waals surface area contributed by atoms with Gasteiger partial charge < -0.3 is 14.2 Å². The highest BCUT2D eigenvalue weighted by Crippen LogP contribution is 2.25. The van der Waals surface area contributed by atoms with E-state index in [0.717, 1.165) is 5.69 Å². The number of hydrogen-bond acceptors (Lipinski definition) is 6. The highest BCUT2D eigenvalue weighted by molar-refractivity contribution is 7.91. The average Bonchev–Trinajstić information content (AvgIpc) is 3.02. The molecular weight excluding hydrogens is 354 g/mol. The summed E-state index contributed by atoms with van der Waals surface area (Å²) in [6.07, 6.45) is 0.614. The van der Waals surface area contributed by atoms with Crippen molar-refractivity contribution >= 4 is 15.7 Å². The second-order valence-electron chi connectivity index (χ2n) is 8.40. The van der Waals surface area contributed by atoms with Crippen LogP contribution in [-0.4, -0.2) is 73.8 Å². The monoisotopic (exact) mass is 385 g/mol. The van der Waals surface area contributed by atoms with E-state index in [1.54, 1.807) is 4.90 Å². The molecule has 0 saturated carbocycles. The summed E-state index contributed by atoms with van der Waals surface area (Å²) in [6, 6.07) is -0.252. The van der Waals surface area contributed by atoms with Gasteiger partial charge >= 0.3 is 0 Å². The molecule has 26 heavy (non-hydrogen) atoms. The summed E-state index contributed by atoms with van der Waals surface area (Å²) in [6.45, 7) is 9.06. The standard InChI is InChI=1S/C18H31N3O4S/c1-13-15(25-17(19-13)18(2,3)4)11-16(22)21(9-8-20(5)6)14-7-10-26(23,24)12-14/h14H,7-12H2,1-6H3. The van der Waals surface area contributed by atoms with Crippen molar-refractivity contribution < 1.29 is 17.6 Å². The van der Waals surface area contributed by atoms with E-state index >= 15 is 0 Å². The van der Waals surface area contributed by atoms with Crippen molar-refractivity contribution in [3.63, 3.8) is 0 Å². The Morgan fingerprint density at radius 1 is 1.27 bits per heavy atom. The van der Waals surface area contributed by atoms with Crippen LogP contribution in [0.5, 0.6) is 0 Å². The molecule has 0 aromatic carbocycles. The van der Waals surface area contributed by atoms with Crippen molar-refractivity contribution in [1.82, 2.24) is 14.8 Å². The van der Waals surface area contributed by atoms with E-state index in [2.05, 4.69) is 4.98 Å². The lowest BCUT2D eigenvalue weighted by Gasteiger charge is -2.29. The average molecular weight is 386 g/mol. The molecule has 7 nitrogen and oxygen atoms in total. The Bertz CT molecular complexity index is 747. The summed E-state index contributed by atoms with van der Waals surface area (Å²) in [7, 11) is 0.817. The first kappa shape index (κ1) is 20.9. The molecule has 2 heterocycles. The third-order valence-electron chi connectivity index (χ3n) is 4.60. The maximum absolute atomic E-state index is 13.0. The van der Waals surface area contributed by atoms with E-state index in [1.165, 1.54) is 0 Å². The van der Waals surface area contributed by atoms with E-state index in [9.17, 15) is 13.2 Å². The number of nitrogens with zero attached hydrogens (tertiary/aromatic N) is 3. The summed E-state index contributed by atoms with van der Waals surface area (Å²) >= 11 is 0. The third-order valence-corrected chi connectivity index (χ3v) is 6.35. The predicted molar refractivity (Wildman–Crippen MR) is 101 cm³/mol. The molecule has 148 valence electrons. The SMILES string of the molecule is Cc1nc(C(C)(C)C)oc1CC(=O)N(CCN(C)C)C1CCS(=O)(=O)C1. The van der Waals surface area contributed by atoms with Gasteiger partial charge in [0.15, 0.2) is 15.7 Å². The van der Waals surface area contributed by atoms with Crippen LogP contribution < -0.4 is 0 Å². The van der Waals surface area contributed by atoms with Crippen LogP contribution in [0.15, 0.2) is 4.42 Å². The minimum Gasteiger partial charge on any atom is -0.444 e. The fraction of sp³-hybridized carbons (Fsp3) is 0.778. The van der Waals surface area contributed by atoms with Crippen LogP contribution in [0.4, 0.5) is 0 Å². The minimum atomic E-state index is -3.05. The van der Waals surface area contributed by atoms with Crippen molar-refractivity contribution in [1.29, 1.82) is 0 Å². The number of likely N-dealkylation sites (N-methyl/N-ethyl adjacent to an activating group) is 1. The fourth-order valence-electron chi connectivity index (χ4n) is 2.99. The number of aromatic nitrogens is 1. The lowest BCUT2D eigenvalue weighted by atomic mass is 9.97. The molecule has 0 spiro atoms. The number of sulfone groups is 1. The van der Waals surface area contributed by atoms with Crippen molar-refractivity contribution in [2.75, 3.05) is 38.7 Å². The summed E-state index contributed by atoms with van der Waals surface area (Å²) in [4.78, 5) is 21.1. The lowest BCUT2D eigenvalue weighted by molar-refractivity contribution is -0.132. The molecule has 1 fully saturated rings. The molecule has 1 amide bonds. The fourth-order valence-corrected chi connectivity index (χ4v) is 4.72. The molecule has 1 saturated heterocycles. The van der Waals surface area contributed by atoms with E-state index in [-0.39, 0.29) is 35.3 Å². The number of carbonyl (C=O) groups is 1. The summed E-state index contributed by atoms with van der Waals surface area (Å²) in [5.74, 6) is 1.28. The van der Waals surface area contributed by atoms with Crippen LogP contribution in [0.1, 0.15) is 44.5 Å². The van der Waals surface area contributed by atoms with Crippen LogP contribution in [0.25, 0.3) is 0 Å². The molecule has 1 aliphatic heterocycles. The number of rotatable bonds is 6. The number of hydrogen-bond donors (Lipinski definition) is 0. The van der Waals surface area contributed by atoms with Gasteiger partial charge in [-0.15, -0.1) is 0 Å². The van der Waals surface area contributed by atoms with Crippen LogP contribution >= 0.6 is 0 Å². The zero-order chi connectivity index (χ0) is 19.7. The maximum Gasteiger partial charge on any atom is 0.230 e. The molecule has 1 aromatic heterocycles. The number of aryl methyl sites for hydroxylation is 1. The number of carbonyl (C=O) groups excluding carboxylic acids is 1. The Balaban J connectivity index is 2.17. The first-order chi connectivity index (χ1) is 11.9. The molecule has 0 N–H and O–H groups in total. The lowest BCUT2D eigenvalue weighted by Crippen LogP contribution is -2.45. The van der Waals surface area contributed by atoms with Gasteiger partial charge in [0.2, 0.25) is 5.91 Å². The Morgan fingerprint density at radius 2 is 1.92 bits per heavy atom. The van der Waals surface area contributed by atoms with Gasteiger partial charge in [-0.05, 0) is 27.4 Å². The second-order valence-corrected chi connectivity index (χ2v) is 10.6. The van der Waals surface area contributed by atoms with Crippen LogP contribution in [0, 0.1) is 6.92 Å². The van der Waals surface area contributed by atoms with Crippen molar-refractivity contribution in [3.8, 4) is 0 Å². The maximum atomic E-state index is 13.0. The van der Waals surface area contributed by atoms with Crippen molar-refractivity contribution in [2.45, 2.75) is 52.0 Å². The molecule has 0 aliphatic carbocycles. The van der Waals surface area contributed by atoms with Gasteiger partial charge in [0, 0.05) is 24.5 Å². The second kappa shape index (κ2) is 7.68. The highest BCUT2D eigenvalue weighted by Gasteiger charge is 2.35. The topological polar surface area (TPSA) is 83.7 Å². The Morgan fingerprint density at radius 3 is 2.38 bits per heavy atom. The highest BCUT2D eigenvalue weighted by atomic mass is 32.2. The largest absolute Gasteiger partial charge is 0.444 e. The quantitative estimate of drug-likeness (QED) is 0.736. The molecule has 1 unspecified atom stereocenters. The molecule has 1 atom stereocenters. The summed E-state index contributed by atoms with van der Waals surface area (Å²) in [5, 5.41) is 0. The van der Waals surface area contributed by atoms with Gasteiger partial charge in [0.1, 0.15) is 5.76 Å². The molecular formula is C18H31N3O4S. The Hall–Kier alpha value is -1.41. The van der Waals surface area contributed by atoms with E-state index in [4.69, 9.17) is 4.42 Å². The zero-order valence-corrected chi connectivity index (χ0v) is 17.5. The molecule has 0 radical (unpaired) electrons. The molecule has 1 aliphatic rings. The Kier molecular flexibility index (Phi) is 6.17. The van der Waals surface area contributed by atoms with Crippen molar-refractivity contribution in [3.05, 3.63) is 17.3 Å². The normalized spacial score (nSPS) is 19.9. The predicted octanol–water partition coefficient (Wildman–Crippen LogP) is 1.40. The van der Waals surface area contributed by atoms with Gasteiger partial charge in [0.05, 0.1) is 23.6 Å². The van der Waals surface area contributed by atoms with Crippen molar-refractivity contribution in [2.24, 2.45) is 0 Å². The van der Waals surface area contributed by atoms with Crippen LogP contribution in [-0.2, 0) is 26.5 Å². The van der Waals surface area contributed by atoms with Crippen LogP contribution in [0.3, 0.4) is 0 Å². The van der Waals surface area contributed by atoms with Gasteiger partial charge in [-0.2, -0.15) is 0 Å². The van der Waals surface area contributed by atoms with E-state index in [0.29, 0.717) is 31.2 Å². The summed E-state index contributed by atoms with van der Waals surface area (Å²) < 4.78 is 29.6. The Labute approximate surface area is 156 Å². The number of amides is 1. The first-order valence-electron chi connectivity index (χ1n) is 9.00. The van der Waals surface area contributed by atoms with Crippen LogP contribution in [0.2, 0.25) is 0 Å².